The third-order valence-electron chi connectivity index (χ3n) is 7.03. The Labute approximate surface area is 200 Å². The summed E-state index contributed by atoms with van der Waals surface area (Å²) in [6.07, 6.45) is 27.7. The molecule has 0 saturated carbocycles. The molecule has 0 radical (unpaired) electrons. The molecular formula is C30H52N2. The summed E-state index contributed by atoms with van der Waals surface area (Å²) in [5.41, 5.74) is 1.44. The Morgan fingerprint density at radius 1 is 0.656 bits per heavy atom. The highest BCUT2D eigenvalue weighted by Crippen LogP contribution is 2.23. The fourth-order valence-electron chi connectivity index (χ4n) is 4.99. The molecule has 1 aromatic rings. The Balaban J connectivity index is 1.49. The van der Waals surface area contributed by atoms with Gasteiger partial charge in [0.2, 0.25) is 0 Å². The van der Waals surface area contributed by atoms with Crippen LogP contribution in [0.5, 0.6) is 0 Å². The first-order valence-corrected chi connectivity index (χ1v) is 14.0. The third-order valence-corrected chi connectivity index (χ3v) is 7.03. The number of benzene rings is 1. The fraction of sp³-hybridized carbons (Fsp3) is 0.733. The van der Waals surface area contributed by atoms with Gasteiger partial charge in [-0.2, -0.15) is 0 Å². The lowest BCUT2D eigenvalue weighted by molar-refractivity contribution is 0.125. The lowest BCUT2D eigenvalue weighted by Crippen LogP contribution is -2.43. The number of rotatable bonds is 19. The molecule has 0 N–H and O–H groups in total. The van der Waals surface area contributed by atoms with Crippen LogP contribution in [-0.2, 0) is 6.42 Å². The van der Waals surface area contributed by atoms with Gasteiger partial charge in [-0.25, -0.2) is 0 Å². The van der Waals surface area contributed by atoms with E-state index in [0.29, 0.717) is 12.2 Å². The molecule has 0 spiro atoms. The van der Waals surface area contributed by atoms with E-state index in [1.807, 2.05) is 0 Å². The van der Waals surface area contributed by atoms with E-state index in [9.17, 15) is 0 Å². The van der Waals surface area contributed by atoms with Gasteiger partial charge < -0.3 is 9.80 Å². The van der Waals surface area contributed by atoms with Crippen molar-refractivity contribution >= 4 is 0 Å². The molecule has 32 heavy (non-hydrogen) atoms. The minimum absolute atomic E-state index is 0.476. The highest BCUT2D eigenvalue weighted by molar-refractivity contribution is 5.17. The summed E-state index contributed by atoms with van der Waals surface area (Å²) in [4.78, 5) is 5.10. The number of hydrogen-bond acceptors (Lipinski definition) is 2. The lowest BCUT2D eigenvalue weighted by atomic mass is 10.0. The van der Waals surface area contributed by atoms with Gasteiger partial charge in [0.25, 0.3) is 0 Å². The maximum Gasteiger partial charge on any atom is 0.105 e. The minimum Gasteiger partial charge on any atom is -0.356 e. The summed E-state index contributed by atoms with van der Waals surface area (Å²) in [6.45, 7) is 8.10. The van der Waals surface area contributed by atoms with Gasteiger partial charge in [0.15, 0.2) is 0 Å². The van der Waals surface area contributed by atoms with Crippen LogP contribution in [0.15, 0.2) is 42.7 Å². The van der Waals surface area contributed by atoms with Gasteiger partial charge in [-0.3, -0.25) is 0 Å². The Bertz CT molecular complexity index is 580. The van der Waals surface area contributed by atoms with Crippen molar-refractivity contribution in [1.29, 1.82) is 0 Å². The second-order valence-corrected chi connectivity index (χ2v) is 10.2. The largest absolute Gasteiger partial charge is 0.356 e. The fourth-order valence-corrected chi connectivity index (χ4v) is 4.99. The summed E-state index contributed by atoms with van der Waals surface area (Å²) in [6, 6.07) is 11.5. The smallest absolute Gasteiger partial charge is 0.105 e. The highest BCUT2D eigenvalue weighted by Gasteiger charge is 2.27. The van der Waals surface area contributed by atoms with Crippen LogP contribution >= 0.6 is 0 Å². The quantitative estimate of drug-likeness (QED) is 0.198. The lowest BCUT2D eigenvalue weighted by Gasteiger charge is -2.35. The number of hydrogen-bond donors (Lipinski definition) is 0. The molecule has 1 aliphatic heterocycles. The summed E-state index contributed by atoms with van der Waals surface area (Å²) >= 11 is 0. The van der Waals surface area contributed by atoms with E-state index in [-0.39, 0.29) is 0 Å². The van der Waals surface area contributed by atoms with Crippen molar-refractivity contribution in [2.45, 2.75) is 136 Å². The van der Waals surface area contributed by atoms with Crippen molar-refractivity contribution in [3.05, 3.63) is 48.3 Å². The Morgan fingerprint density at radius 3 is 1.66 bits per heavy atom. The van der Waals surface area contributed by atoms with Crippen LogP contribution in [0, 0.1) is 0 Å². The van der Waals surface area contributed by atoms with Crippen molar-refractivity contribution in [1.82, 2.24) is 9.80 Å². The normalized spacial score (nSPS) is 15.9. The molecule has 1 unspecified atom stereocenters. The van der Waals surface area contributed by atoms with E-state index >= 15 is 0 Å². The number of unbranched alkanes of at least 4 members (excludes halogenated alkanes) is 14. The topological polar surface area (TPSA) is 6.48 Å². The SMILES string of the molecule is CCCCCCCCCCCCCCCCCN1C=CN(C(C)C)C1Cc1ccccc1. The molecule has 0 aliphatic carbocycles. The average molecular weight is 441 g/mol. The molecule has 0 amide bonds. The first-order chi connectivity index (χ1) is 15.7. The van der Waals surface area contributed by atoms with E-state index < -0.39 is 0 Å². The summed E-state index contributed by atoms with van der Waals surface area (Å²) in [7, 11) is 0. The Morgan fingerprint density at radius 2 is 1.16 bits per heavy atom. The predicted octanol–water partition coefficient (Wildman–Crippen LogP) is 8.92. The van der Waals surface area contributed by atoms with Gasteiger partial charge >= 0.3 is 0 Å². The second-order valence-electron chi connectivity index (χ2n) is 10.2. The first kappa shape index (κ1) is 26.8. The zero-order valence-electron chi connectivity index (χ0n) is 21.6. The highest BCUT2D eigenvalue weighted by atomic mass is 15.4. The molecule has 1 aromatic carbocycles. The predicted molar refractivity (Wildman–Crippen MR) is 142 cm³/mol. The molecular weight excluding hydrogens is 388 g/mol. The monoisotopic (exact) mass is 440 g/mol. The van der Waals surface area contributed by atoms with E-state index in [1.54, 1.807) is 0 Å². The van der Waals surface area contributed by atoms with Crippen molar-refractivity contribution < 1.29 is 0 Å². The summed E-state index contributed by atoms with van der Waals surface area (Å²) in [5.74, 6) is 0. The maximum absolute atomic E-state index is 2.58. The Hall–Kier alpha value is -1.44. The molecule has 0 aromatic heterocycles. The molecule has 1 atom stereocenters. The molecule has 0 fully saturated rings. The van der Waals surface area contributed by atoms with Crippen LogP contribution in [0.3, 0.4) is 0 Å². The van der Waals surface area contributed by atoms with E-state index in [1.165, 1.54) is 108 Å². The zero-order valence-corrected chi connectivity index (χ0v) is 21.6. The molecule has 2 rings (SSSR count). The van der Waals surface area contributed by atoms with Crippen LogP contribution in [0.25, 0.3) is 0 Å². The Kier molecular flexibility index (Phi) is 14.3. The van der Waals surface area contributed by atoms with E-state index in [2.05, 4.69) is 73.3 Å². The van der Waals surface area contributed by atoms with Crippen molar-refractivity contribution in [2.75, 3.05) is 6.54 Å². The summed E-state index contributed by atoms with van der Waals surface area (Å²) in [5, 5.41) is 0. The maximum atomic E-state index is 2.58. The molecule has 0 saturated heterocycles. The second kappa shape index (κ2) is 17.1. The van der Waals surface area contributed by atoms with Crippen LogP contribution < -0.4 is 0 Å². The van der Waals surface area contributed by atoms with Crippen molar-refractivity contribution in [3.8, 4) is 0 Å². The van der Waals surface area contributed by atoms with Crippen LogP contribution in [0.2, 0.25) is 0 Å². The van der Waals surface area contributed by atoms with Gasteiger partial charge in [-0.05, 0) is 25.8 Å². The van der Waals surface area contributed by atoms with Gasteiger partial charge in [0.05, 0.1) is 0 Å². The van der Waals surface area contributed by atoms with Crippen LogP contribution in [-0.4, -0.2) is 28.6 Å². The van der Waals surface area contributed by atoms with Crippen molar-refractivity contribution in [3.63, 3.8) is 0 Å². The molecule has 2 nitrogen and oxygen atoms in total. The average Bonchev–Trinajstić information content (AvgIpc) is 3.19. The first-order valence-electron chi connectivity index (χ1n) is 14.0. The minimum atomic E-state index is 0.476. The molecule has 1 aliphatic rings. The van der Waals surface area contributed by atoms with Gasteiger partial charge in [-0.15, -0.1) is 0 Å². The molecule has 0 bridgehead atoms. The number of nitrogens with zero attached hydrogens (tertiary/aromatic N) is 2. The third kappa shape index (κ3) is 10.9. The van der Waals surface area contributed by atoms with Gasteiger partial charge in [-0.1, -0.05) is 127 Å². The standard InChI is InChI=1S/C30H52N2/c1-4-5-6-7-8-9-10-11-12-13-14-15-16-17-21-24-31-25-26-32(28(2)3)30(31)27-29-22-19-18-20-23-29/h18-20,22-23,25-26,28,30H,4-17,21,24,27H2,1-3H3. The van der Waals surface area contributed by atoms with Crippen LogP contribution in [0.1, 0.15) is 123 Å². The van der Waals surface area contributed by atoms with Gasteiger partial charge in [0, 0.05) is 31.4 Å². The molecule has 1 heterocycles. The van der Waals surface area contributed by atoms with E-state index in [4.69, 9.17) is 0 Å². The van der Waals surface area contributed by atoms with Gasteiger partial charge in [0.1, 0.15) is 6.17 Å². The van der Waals surface area contributed by atoms with Crippen molar-refractivity contribution in [2.24, 2.45) is 0 Å². The summed E-state index contributed by atoms with van der Waals surface area (Å²) < 4.78 is 0. The van der Waals surface area contributed by atoms with E-state index in [0.717, 1.165) is 6.42 Å². The zero-order chi connectivity index (χ0) is 22.9. The molecule has 182 valence electrons. The molecule has 2 heteroatoms. The van der Waals surface area contributed by atoms with Crippen LogP contribution in [0.4, 0.5) is 0 Å².